The fourth-order valence-electron chi connectivity index (χ4n) is 5.30. The number of para-hydroxylation sites is 1. The summed E-state index contributed by atoms with van der Waals surface area (Å²) in [7, 11) is 2.86. The third kappa shape index (κ3) is 4.38. The molecule has 8 nitrogen and oxygen atoms in total. The van der Waals surface area contributed by atoms with Crippen molar-refractivity contribution >= 4 is 46.1 Å². The first-order valence-electron chi connectivity index (χ1n) is 12.8. The molecule has 0 saturated carbocycles. The number of rotatable bonds is 5. The van der Waals surface area contributed by atoms with Gasteiger partial charge < -0.3 is 14.4 Å². The lowest BCUT2D eigenvalue weighted by Crippen LogP contribution is -2.40. The van der Waals surface area contributed by atoms with E-state index >= 15 is 0 Å². The number of nitrogens with zero attached hydrogens (tertiary/aromatic N) is 3. The summed E-state index contributed by atoms with van der Waals surface area (Å²) in [6.45, 7) is 1.96. The molecule has 0 radical (unpaired) electrons. The van der Waals surface area contributed by atoms with Crippen molar-refractivity contribution in [2.24, 2.45) is 4.99 Å². The van der Waals surface area contributed by atoms with Crippen LogP contribution in [0.2, 0.25) is 5.02 Å². The Labute approximate surface area is 244 Å². The molecule has 4 aromatic rings. The zero-order valence-corrected chi connectivity index (χ0v) is 24.0. The maximum Gasteiger partial charge on any atom is 0.338 e. The number of amides is 1. The van der Waals surface area contributed by atoms with E-state index in [0.717, 1.165) is 16.9 Å². The molecule has 0 fully saturated rings. The van der Waals surface area contributed by atoms with Crippen LogP contribution in [0.15, 0.2) is 93.9 Å². The van der Waals surface area contributed by atoms with Crippen LogP contribution in [0, 0.1) is 0 Å². The van der Waals surface area contributed by atoms with Crippen molar-refractivity contribution in [2.45, 2.75) is 19.5 Å². The third-order valence-electron chi connectivity index (χ3n) is 7.27. The number of fused-ring (bicyclic) bond motifs is 2. The Morgan fingerprint density at radius 1 is 1.00 bits per heavy atom. The van der Waals surface area contributed by atoms with Gasteiger partial charge in [-0.1, -0.05) is 71.5 Å². The highest BCUT2D eigenvalue weighted by Crippen LogP contribution is 2.37. The molecule has 0 bridgehead atoms. The van der Waals surface area contributed by atoms with Crippen molar-refractivity contribution in [1.82, 2.24) is 4.57 Å². The lowest BCUT2D eigenvalue weighted by Gasteiger charge is -2.24. The highest BCUT2D eigenvalue weighted by Gasteiger charge is 2.37. The monoisotopic (exact) mass is 585 g/mol. The molecule has 6 rings (SSSR count). The van der Waals surface area contributed by atoms with E-state index in [2.05, 4.69) is 4.99 Å². The predicted molar refractivity (Wildman–Crippen MR) is 157 cm³/mol. The maximum absolute atomic E-state index is 14.2. The SMILES string of the molecule is COC(=O)C1=C(C)N=c2sc(=C3C(=O)N(Cc4ccccc4Cl)c4ccccc43)c(=O)n2C1c1ccc(OC)cc1. The van der Waals surface area contributed by atoms with Crippen LogP contribution < -0.4 is 24.5 Å². The average molecular weight is 586 g/mol. The number of esters is 1. The molecule has 0 saturated heterocycles. The van der Waals surface area contributed by atoms with E-state index in [-0.39, 0.29) is 22.6 Å². The van der Waals surface area contributed by atoms with E-state index in [1.165, 1.54) is 11.7 Å². The van der Waals surface area contributed by atoms with Gasteiger partial charge in [0.1, 0.15) is 10.3 Å². The van der Waals surface area contributed by atoms with Crippen LogP contribution in [0.5, 0.6) is 5.75 Å². The van der Waals surface area contributed by atoms with Crippen molar-refractivity contribution < 1.29 is 19.1 Å². The summed E-state index contributed by atoms with van der Waals surface area (Å²) in [5.74, 6) is -0.255. The van der Waals surface area contributed by atoms with E-state index in [1.807, 2.05) is 42.5 Å². The Hall–Kier alpha value is -4.47. The van der Waals surface area contributed by atoms with E-state index in [4.69, 9.17) is 21.1 Å². The molecule has 1 amide bonds. The number of hydrogen-bond acceptors (Lipinski definition) is 7. The van der Waals surface area contributed by atoms with Gasteiger partial charge in [0.05, 0.1) is 49.3 Å². The van der Waals surface area contributed by atoms with Crippen LogP contribution in [-0.4, -0.2) is 30.7 Å². The first-order valence-corrected chi connectivity index (χ1v) is 14.0. The molecule has 3 heterocycles. The van der Waals surface area contributed by atoms with Gasteiger partial charge in [-0.15, -0.1) is 0 Å². The fourth-order valence-corrected chi connectivity index (χ4v) is 6.63. The lowest BCUT2D eigenvalue weighted by atomic mass is 9.96. The average Bonchev–Trinajstić information content (AvgIpc) is 3.45. The molecule has 1 aromatic heterocycles. The van der Waals surface area contributed by atoms with Crippen LogP contribution in [0.25, 0.3) is 5.57 Å². The molecule has 3 aromatic carbocycles. The Morgan fingerprint density at radius 3 is 2.41 bits per heavy atom. The lowest BCUT2D eigenvalue weighted by molar-refractivity contribution is -0.136. The molecule has 2 aliphatic rings. The number of allylic oxidation sites excluding steroid dienone is 1. The summed E-state index contributed by atoms with van der Waals surface area (Å²) in [5.41, 5.74) is 3.38. The maximum atomic E-state index is 14.2. The van der Waals surface area contributed by atoms with Crippen molar-refractivity contribution in [1.29, 1.82) is 0 Å². The minimum absolute atomic E-state index is 0.247. The summed E-state index contributed by atoms with van der Waals surface area (Å²) in [6.07, 6.45) is 0. The molecule has 0 spiro atoms. The fraction of sp³-hybridized carbons (Fsp3) is 0.161. The van der Waals surface area contributed by atoms with E-state index in [9.17, 15) is 14.4 Å². The highest BCUT2D eigenvalue weighted by atomic mass is 35.5. The smallest absolute Gasteiger partial charge is 0.338 e. The molecule has 1 unspecified atom stereocenters. The molecule has 0 N–H and O–H groups in total. The predicted octanol–water partition coefficient (Wildman–Crippen LogP) is 3.99. The quantitative estimate of drug-likeness (QED) is 0.331. The van der Waals surface area contributed by atoms with E-state index in [1.54, 1.807) is 49.3 Å². The van der Waals surface area contributed by atoms with Gasteiger partial charge in [-0.25, -0.2) is 9.79 Å². The number of aromatic nitrogens is 1. The minimum Gasteiger partial charge on any atom is -0.497 e. The van der Waals surface area contributed by atoms with Gasteiger partial charge in [0.25, 0.3) is 11.5 Å². The van der Waals surface area contributed by atoms with Gasteiger partial charge in [0.2, 0.25) is 0 Å². The third-order valence-corrected chi connectivity index (χ3v) is 8.69. The summed E-state index contributed by atoms with van der Waals surface area (Å²) >= 11 is 7.56. The Morgan fingerprint density at radius 2 is 1.71 bits per heavy atom. The van der Waals surface area contributed by atoms with Crippen molar-refractivity contribution in [2.75, 3.05) is 19.1 Å². The van der Waals surface area contributed by atoms with Gasteiger partial charge in [-0.05, 0) is 42.3 Å². The second kappa shape index (κ2) is 10.5. The molecule has 0 aliphatic carbocycles. The van der Waals surface area contributed by atoms with Gasteiger partial charge >= 0.3 is 5.97 Å². The first-order chi connectivity index (χ1) is 19.8. The number of carbonyl (C=O) groups is 2. The second-order valence-electron chi connectivity index (χ2n) is 9.54. The topological polar surface area (TPSA) is 90.2 Å². The molecular formula is C31H24ClN3O5S. The van der Waals surface area contributed by atoms with Gasteiger partial charge in [0, 0.05) is 10.6 Å². The highest BCUT2D eigenvalue weighted by molar-refractivity contribution is 7.07. The number of ether oxygens (including phenoxy) is 2. The largest absolute Gasteiger partial charge is 0.497 e. The van der Waals surface area contributed by atoms with Crippen molar-refractivity contribution in [3.05, 3.63) is 125 Å². The number of thiazole rings is 1. The van der Waals surface area contributed by atoms with Crippen LogP contribution in [0.1, 0.15) is 29.7 Å². The van der Waals surface area contributed by atoms with Gasteiger partial charge in [0.15, 0.2) is 4.80 Å². The Balaban J connectivity index is 1.58. The zero-order valence-electron chi connectivity index (χ0n) is 22.4. The van der Waals surface area contributed by atoms with Gasteiger partial charge in [-0.2, -0.15) is 0 Å². The van der Waals surface area contributed by atoms with E-state index < -0.39 is 17.6 Å². The standard InChI is InChI=1S/C31H24ClN3O5S/c1-17-24(30(38)40-3)26(18-12-14-20(39-2)15-13-18)35-29(37)27(41-31(35)33-17)25-21-9-5-7-11-23(21)34(28(25)36)16-19-8-4-6-10-22(19)32/h4-15,26H,16H2,1-3H3. The zero-order chi connectivity index (χ0) is 28.8. The number of carbonyl (C=O) groups excluding carboxylic acids is 2. The number of benzene rings is 3. The number of halogens is 1. The summed E-state index contributed by atoms with van der Waals surface area (Å²) in [4.78, 5) is 47.9. The number of methoxy groups -OCH3 is 2. The molecule has 206 valence electrons. The Bertz CT molecular complexity index is 1940. The molecule has 2 aliphatic heterocycles. The summed E-state index contributed by atoms with van der Waals surface area (Å²) in [6, 6.07) is 21.1. The number of hydrogen-bond donors (Lipinski definition) is 0. The molecular weight excluding hydrogens is 562 g/mol. The molecule has 1 atom stereocenters. The second-order valence-corrected chi connectivity index (χ2v) is 10.9. The normalized spacial score (nSPS) is 17.2. The van der Waals surface area contributed by atoms with Crippen molar-refractivity contribution in [3.8, 4) is 5.75 Å². The molecule has 10 heteroatoms. The van der Waals surface area contributed by atoms with Crippen molar-refractivity contribution in [3.63, 3.8) is 0 Å². The summed E-state index contributed by atoms with van der Waals surface area (Å²) < 4.78 is 12.1. The van der Waals surface area contributed by atoms with Crippen LogP contribution >= 0.6 is 22.9 Å². The summed E-state index contributed by atoms with van der Waals surface area (Å²) in [5, 5.41) is 0.552. The minimum atomic E-state index is -0.801. The van der Waals surface area contributed by atoms with E-state index in [0.29, 0.717) is 43.7 Å². The van der Waals surface area contributed by atoms with Crippen LogP contribution in [-0.2, 0) is 20.9 Å². The first kappa shape index (κ1) is 26.7. The van der Waals surface area contributed by atoms with Gasteiger partial charge in [-0.3, -0.25) is 14.2 Å². The van der Waals surface area contributed by atoms with Crippen LogP contribution in [0.3, 0.4) is 0 Å². The Kier molecular flexibility index (Phi) is 6.84. The van der Waals surface area contributed by atoms with Crippen LogP contribution in [0.4, 0.5) is 5.69 Å². The molecule has 41 heavy (non-hydrogen) atoms. The number of anilines is 1.